The second kappa shape index (κ2) is 7.51. The van der Waals surface area contributed by atoms with Gasteiger partial charge in [0.05, 0.1) is 23.4 Å². The van der Waals surface area contributed by atoms with Gasteiger partial charge in [0.1, 0.15) is 11.5 Å². The second-order valence-corrected chi connectivity index (χ2v) is 4.95. The molecule has 0 heterocycles. The van der Waals surface area contributed by atoms with Crippen LogP contribution in [0.3, 0.4) is 0 Å². The Labute approximate surface area is 138 Å². The van der Waals surface area contributed by atoms with Gasteiger partial charge in [0.15, 0.2) is 6.61 Å². The zero-order chi connectivity index (χ0) is 16.8. The Kier molecular flexibility index (Phi) is 5.43. The van der Waals surface area contributed by atoms with Gasteiger partial charge in [-0.05, 0) is 24.3 Å². The Morgan fingerprint density at radius 3 is 2.61 bits per heavy atom. The smallest absolute Gasteiger partial charge is 0.262 e. The first-order valence-corrected chi connectivity index (χ1v) is 7.04. The van der Waals surface area contributed by atoms with Crippen molar-refractivity contribution in [2.24, 2.45) is 5.73 Å². The van der Waals surface area contributed by atoms with Crippen LogP contribution in [0, 0.1) is 0 Å². The summed E-state index contributed by atoms with van der Waals surface area (Å²) in [5.74, 6) is -0.423. The van der Waals surface area contributed by atoms with Crippen molar-refractivity contribution >= 4 is 29.1 Å². The van der Waals surface area contributed by atoms with Gasteiger partial charge in [0.25, 0.3) is 11.8 Å². The molecule has 120 valence electrons. The number of amides is 2. The molecular weight excluding hydrogens is 320 g/mol. The van der Waals surface area contributed by atoms with Crippen LogP contribution in [0.1, 0.15) is 10.4 Å². The molecule has 0 saturated heterocycles. The molecule has 0 aromatic heterocycles. The summed E-state index contributed by atoms with van der Waals surface area (Å²) in [6.45, 7) is -0.307. The third kappa shape index (κ3) is 4.37. The van der Waals surface area contributed by atoms with Gasteiger partial charge in [0, 0.05) is 6.07 Å². The molecule has 0 atom stereocenters. The molecule has 0 saturated carbocycles. The van der Waals surface area contributed by atoms with Gasteiger partial charge in [-0.2, -0.15) is 0 Å². The largest absolute Gasteiger partial charge is 0.497 e. The Morgan fingerprint density at radius 2 is 1.96 bits per heavy atom. The van der Waals surface area contributed by atoms with Crippen molar-refractivity contribution in [2.45, 2.75) is 0 Å². The van der Waals surface area contributed by atoms with Gasteiger partial charge in [0.2, 0.25) is 0 Å². The Hall–Kier alpha value is -2.73. The average molecular weight is 335 g/mol. The standard InChI is InChI=1S/C16H15ClN2O4/c1-22-10-6-7-11(16(18)21)14(8-10)23-9-15(20)19-13-5-3-2-4-12(13)17/h2-8H,9H2,1H3,(H2,18,21)(H,19,20). The molecule has 23 heavy (non-hydrogen) atoms. The van der Waals surface area contributed by atoms with Crippen molar-refractivity contribution in [1.82, 2.24) is 0 Å². The van der Waals surface area contributed by atoms with Gasteiger partial charge >= 0.3 is 0 Å². The van der Waals surface area contributed by atoms with E-state index in [9.17, 15) is 9.59 Å². The zero-order valence-electron chi connectivity index (χ0n) is 12.3. The monoisotopic (exact) mass is 334 g/mol. The predicted octanol–water partition coefficient (Wildman–Crippen LogP) is 2.46. The normalized spacial score (nSPS) is 10.0. The quantitative estimate of drug-likeness (QED) is 0.849. The van der Waals surface area contributed by atoms with Crippen LogP contribution in [0.15, 0.2) is 42.5 Å². The molecule has 0 spiro atoms. The molecule has 3 N–H and O–H groups in total. The van der Waals surface area contributed by atoms with E-state index < -0.39 is 11.8 Å². The predicted molar refractivity (Wildman–Crippen MR) is 87.1 cm³/mol. The van der Waals surface area contributed by atoms with Crippen LogP contribution in [0.4, 0.5) is 5.69 Å². The molecular formula is C16H15ClN2O4. The number of para-hydroxylation sites is 1. The lowest BCUT2D eigenvalue weighted by Crippen LogP contribution is -2.22. The number of nitrogens with one attached hydrogen (secondary N) is 1. The van der Waals surface area contributed by atoms with Crippen LogP contribution in [0.25, 0.3) is 0 Å². The van der Waals surface area contributed by atoms with Crippen LogP contribution in [0.2, 0.25) is 5.02 Å². The van der Waals surface area contributed by atoms with Gasteiger partial charge in [-0.1, -0.05) is 23.7 Å². The van der Waals surface area contributed by atoms with E-state index in [4.69, 9.17) is 26.8 Å². The maximum atomic E-state index is 11.9. The maximum absolute atomic E-state index is 11.9. The molecule has 6 nitrogen and oxygen atoms in total. The molecule has 0 bridgehead atoms. The number of rotatable bonds is 6. The summed E-state index contributed by atoms with van der Waals surface area (Å²) in [5.41, 5.74) is 5.92. The molecule has 0 unspecified atom stereocenters. The summed E-state index contributed by atoms with van der Waals surface area (Å²) in [5, 5.41) is 3.03. The molecule has 0 radical (unpaired) electrons. The number of halogens is 1. The first kappa shape index (κ1) is 16.6. The number of methoxy groups -OCH3 is 1. The number of hydrogen-bond donors (Lipinski definition) is 2. The zero-order valence-corrected chi connectivity index (χ0v) is 13.1. The van der Waals surface area contributed by atoms with E-state index in [1.54, 1.807) is 30.3 Å². The number of hydrogen-bond acceptors (Lipinski definition) is 4. The van der Waals surface area contributed by atoms with E-state index in [0.29, 0.717) is 16.5 Å². The van der Waals surface area contributed by atoms with Crippen molar-refractivity contribution < 1.29 is 19.1 Å². The lowest BCUT2D eigenvalue weighted by molar-refractivity contribution is -0.118. The highest BCUT2D eigenvalue weighted by Crippen LogP contribution is 2.25. The highest BCUT2D eigenvalue weighted by Gasteiger charge is 2.13. The van der Waals surface area contributed by atoms with Crippen molar-refractivity contribution in [1.29, 1.82) is 0 Å². The molecule has 0 fully saturated rings. The van der Waals surface area contributed by atoms with Gasteiger partial charge in [-0.15, -0.1) is 0 Å². The summed E-state index contributed by atoms with van der Waals surface area (Å²) in [4.78, 5) is 23.3. The molecule has 0 aliphatic heterocycles. The summed E-state index contributed by atoms with van der Waals surface area (Å²) in [7, 11) is 1.48. The lowest BCUT2D eigenvalue weighted by atomic mass is 10.2. The minimum atomic E-state index is -0.658. The van der Waals surface area contributed by atoms with Crippen LogP contribution in [-0.2, 0) is 4.79 Å². The number of carbonyl (C=O) groups is 2. The van der Waals surface area contributed by atoms with E-state index in [2.05, 4.69) is 5.32 Å². The molecule has 2 aromatic carbocycles. The van der Waals surface area contributed by atoms with Crippen molar-refractivity contribution in [3.05, 3.63) is 53.1 Å². The number of nitrogens with two attached hydrogens (primary N) is 1. The van der Waals surface area contributed by atoms with Crippen LogP contribution < -0.4 is 20.5 Å². The van der Waals surface area contributed by atoms with Crippen LogP contribution in [-0.4, -0.2) is 25.5 Å². The highest BCUT2D eigenvalue weighted by molar-refractivity contribution is 6.33. The molecule has 2 aromatic rings. The summed E-state index contributed by atoms with van der Waals surface area (Å²) >= 11 is 5.96. The first-order valence-electron chi connectivity index (χ1n) is 6.66. The van der Waals surface area contributed by atoms with E-state index in [1.165, 1.54) is 19.2 Å². The molecule has 7 heteroatoms. The number of anilines is 1. The maximum Gasteiger partial charge on any atom is 0.262 e. The number of carbonyl (C=O) groups excluding carboxylic acids is 2. The van der Waals surface area contributed by atoms with Crippen LogP contribution >= 0.6 is 11.6 Å². The van der Waals surface area contributed by atoms with E-state index >= 15 is 0 Å². The van der Waals surface area contributed by atoms with E-state index in [1.807, 2.05) is 0 Å². The summed E-state index contributed by atoms with van der Waals surface area (Å²) in [6, 6.07) is 11.4. The van der Waals surface area contributed by atoms with Crippen LogP contribution in [0.5, 0.6) is 11.5 Å². The highest BCUT2D eigenvalue weighted by atomic mass is 35.5. The Balaban J connectivity index is 2.06. The summed E-state index contributed by atoms with van der Waals surface area (Å²) < 4.78 is 10.4. The fraction of sp³-hybridized carbons (Fsp3) is 0.125. The second-order valence-electron chi connectivity index (χ2n) is 4.54. The average Bonchev–Trinajstić information content (AvgIpc) is 2.54. The van der Waals surface area contributed by atoms with Crippen molar-refractivity contribution in [3.8, 4) is 11.5 Å². The van der Waals surface area contributed by atoms with Gasteiger partial charge < -0.3 is 20.5 Å². The fourth-order valence-electron chi connectivity index (χ4n) is 1.84. The topological polar surface area (TPSA) is 90.7 Å². The van der Waals surface area contributed by atoms with Crippen molar-refractivity contribution in [3.63, 3.8) is 0 Å². The third-order valence-corrected chi connectivity index (χ3v) is 3.29. The molecule has 0 aliphatic carbocycles. The summed E-state index contributed by atoms with van der Waals surface area (Å²) in [6.07, 6.45) is 0. The van der Waals surface area contributed by atoms with Gasteiger partial charge in [-0.25, -0.2) is 0 Å². The third-order valence-electron chi connectivity index (χ3n) is 2.96. The van der Waals surface area contributed by atoms with E-state index in [0.717, 1.165) is 0 Å². The minimum Gasteiger partial charge on any atom is -0.497 e. The number of ether oxygens (including phenoxy) is 2. The fourth-order valence-corrected chi connectivity index (χ4v) is 2.03. The lowest BCUT2D eigenvalue weighted by Gasteiger charge is -2.12. The number of primary amides is 1. The number of benzene rings is 2. The van der Waals surface area contributed by atoms with Gasteiger partial charge in [-0.3, -0.25) is 9.59 Å². The first-order chi connectivity index (χ1) is 11.0. The molecule has 2 amide bonds. The molecule has 0 aliphatic rings. The Bertz CT molecular complexity index is 734. The Morgan fingerprint density at radius 1 is 1.22 bits per heavy atom. The van der Waals surface area contributed by atoms with Crippen molar-refractivity contribution in [2.75, 3.05) is 19.0 Å². The SMILES string of the molecule is COc1ccc(C(N)=O)c(OCC(=O)Nc2ccccc2Cl)c1. The van der Waals surface area contributed by atoms with E-state index in [-0.39, 0.29) is 17.9 Å². The molecule has 2 rings (SSSR count). The minimum absolute atomic E-state index is 0.163.